The predicted octanol–water partition coefficient (Wildman–Crippen LogP) is 2.36. The van der Waals surface area contributed by atoms with Gasteiger partial charge in [-0.05, 0) is 45.4 Å². The normalized spacial score (nSPS) is 28.8. The summed E-state index contributed by atoms with van der Waals surface area (Å²) in [7, 11) is 0. The first kappa shape index (κ1) is 14.2. The van der Waals surface area contributed by atoms with Crippen molar-refractivity contribution in [1.29, 1.82) is 0 Å². The first-order valence-electron chi connectivity index (χ1n) is 7.30. The van der Waals surface area contributed by atoms with Crippen molar-refractivity contribution in [3.63, 3.8) is 0 Å². The van der Waals surface area contributed by atoms with Crippen LogP contribution in [0.3, 0.4) is 0 Å². The molecular formula is C14H24N2O3. The third-order valence-corrected chi connectivity index (χ3v) is 4.66. The van der Waals surface area contributed by atoms with Crippen LogP contribution in [0.15, 0.2) is 0 Å². The molecule has 1 saturated carbocycles. The Balaban J connectivity index is 2.01. The van der Waals surface area contributed by atoms with Gasteiger partial charge in [-0.3, -0.25) is 4.79 Å². The van der Waals surface area contributed by atoms with Crippen molar-refractivity contribution in [1.82, 2.24) is 10.2 Å². The molecule has 0 aromatic rings. The number of aliphatic carboxylic acids is 1. The van der Waals surface area contributed by atoms with Gasteiger partial charge in [-0.2, -0.15) is 0 Å². The number of amides is 2. The first-order valence-corrected chi connectivity index (χ1v) is 7.30. The number of urea groups is 1. The smallest absolute Gasteiger partial charge is 0.318 e. The Morgan fingerprint density at radius 1 is 1.37 bits per heavy atom. The largest absolute Gasteiger partial charge is 0.481 e. The number of likely N-dealkylation sites (tertiary alicyclic amines) is 1. The lowest BCUT2D eigenvalue weighted by Crippen LogP contribution is -2.59. The fourth-order valence-corrected chi connectivity index (χ4v) is 3.37. The molecule has 19 heavy (non-hydrogen) atoms. The van der Waals surface area contributed by atoms with E-state index in [2.05, 4.69) is 19.2 Å². The topological polar surface area (TPSA) is 69.6 Å². The summed E-state index contributed by atoms with van der Waals surface area (Å²) in [5.41, 5.74) is -0.497. The third kappa shape index (κ3) is 2.85. The Kier molecular flexibility index (Phi) is 4.02. The number of hydrogen-bond acceptors (Lipinski definition) is 2. The van der Waals surface area contributed by atoms with E-state index in [0.29, 0.717) is 6.04 Å². The molecule has 2 aliphatic rings. The van der Waals surface area contributed by atoms with Gasteiger partial charge in [0.05, 0.1) is 12.0 Å². The zero-order chi connectivity index (χ0) is 14.0. The molecule has 1 aliphatic carbocycles. The Bertz CT molecular complexity index is 366. The summed E-state index contributed by atoms with van der Waals surface area (Å²) in [4.78, 5) is 25.3. The van der Waals surface area contributed by atoms with Crippen molar-refractivity contribution in [2.75, 3.05) is 0 Å². The van der Waals surface area contributed by atoms with Crippen LogP contribution in [0.4, 0.5) is 4.79 Å². The van der Waals surface area contributed by atoms with Gasteiger partial charge in [-0.25, -0.2) is 4.79 Å². The maximum absolute atomic E-state index is 12.4. The molecule has 2 rings (SSSR count). The second-order valence-electron chi connectivity index (χ2n) is 6.03. The molecule has 0 bridgehead atoms. The number of hydrogen-bond donors (Lipinski definition) is 2. The van der Waals surface area contributed by atoms with Gasteiger partial charge < -0.3 is 15.3 Å². The van der Waals surface area contributed by atoms with Crippen LogP contribution in [-0.4, -0.2) is 39.6 Å². The summed E-state index contributed by atoms with van der Waals surface area (Å²) in [6, 6.07) is 0.488. The molecule has 0 spiro atoms. The number of nitrogens with zero attached hydrogens (tertiary/aromatic N) is 1. The van der Waals surface area contributed by atoms with Gasteiger partial charge in [0, 0.05) is 12.1 Å². The van der Waals surface area contributed by atoms with Crippen LogP contribution < -0.4 is 5.32 Å². The molecule has 2 unspecified atom stereocenters. The minimum Gasteiger partial charge on any atom is -0.481 e. The van der Waals surface area contributed by atoms with Crippen molar-refractivity contribution >= 4 is 12.0 Å². The molecule has 108 valence electrons. The number of rotatable bonds is 4. The van der Waals surface area contributed by atoms with Gasteiger partial charge in [0.1, 0.15) is 0 Å². The molecule has 2 fully saturated rings. The number of carbonyl (C=O) groups is 2. The Morgan fingerprint density at radius 2 is 2.05 bits per heavy atom. The van der Waals surface area contributed by atoms with E-state index in [1.807, 2.05) is 4.90 Å². The molecule has 2 atom stereocenters. The second kappa shape index (κ2) is 5.39. The van der Waals surface area contributed by atoms with Crippen molar-refractivity contribution < 1.29 is 14.7 Å². The minimum absolute atomic E-state index is 0.0394. The molecule has 1 aliphatic heterocycles. The number of carboxylic acids is 1. The van der Waals surface area contributed by atoms with E-state index in [-0.39, 0.29) is 18.5 Å². The Morgan fingerprint density at radius 3 is 2.53 bits per heavy atom. The number of carbonyl (C=O) groups excluding carboxylic acids is 1. The second-order valence-corrected chi connectivity index (χ2v) is 6.03. The van der Waals surface area contributed by atoms with Gasteiger partial charge in [0.15, 0.2) is 0 Å². The highest BCUT2D eigenvalue weighted by molar-refractivity contribution is 5.78. The van der Waals surface area contributed by atoms with Crippen LogP contribution in [0.2, 0.25) is 0 Å². The molecule has 5 heteroatoms. The molecule has 1 saturated heterocycles. The number of nitrogens with one attached hydrogen (secondary N) is 1. The summed E-state index contributed by atoms with van der Waals surface area (Å²) in [5.74, 6) is -0.832. The van der Waals surface area contributed by atoms with Crippen LogP contribution in [0, 0.1) is 0 Å². The van der Waals surface area contributed by atoms with Gasteiger partial charge in [-0.15, -0.1) is 0 Å². The lowest BCUT2D eigenvalue weighted by molar-refractivity contribution is -0.139. The van der Waals surface area contributed by atoms with Crippen LogP contribution in [0.5, 0.6) is 0 Å². The highest BCUT2D eigenvalue weighted by Crippen LogP contribution is 2.36. The van der Waals surface area contributed by atoms with Crippen LogP contribution >= 0.6 is 0 Å². The lowest BCUT2D eigenvalue weighted by atomic mass is 9.74. The standard InChI is InChI=1S/C14H24N2O3/c1-3-11-6-5-10(2)16(11)13(19)15-14(7-4-8-14)9-12(17)18/h10-11H,3-9H2,1-2H3,(H,15,19)(H,17,18). The first-order chi connectivity index (χ1) is 8.97. The van der Waals surface area contributed by atoms with E-state index >= 15 is 0 Å². The highest BCUT2D eigenvalue weighted by Gasteiger charge is 2.43. The van der Waals surface area contributed by atoms with E-state index in [4.69, 9.17) is 5.11 Å². The molecule has 2 N–H and O–H groups in total. The van der Waals surface area contributed by atoms with Crippen LogP contribution in [-0.2, 0) is 4.79 Å². The van der Waals surface area contributed by atoms with Crippen LogP contribution in [0.1, 0.15) is 58.8 Å². The van der Waals surface area contributed by atoms with Crippen molar-refractivity contribution in [2.24, 2.45) is 0 Å². The fourth-order valence-electron chi connectivity index (χ4n) is 3.37. The van der Waals surface area contributed by atoms with Crippen molar-refractivity contribution in [3.05, 3.63) is 0 Å². The summed E-state index contributed by atoms with van der Waals surface area (Å²) >= 11 is 0. The maximum atomic E-state index is 12.4. The van der Waals surface area contributed by atoms with Gasteiger partial charge in [0.2, 0.25) is 0 Å². The monoisotopic (exact) mass is 268 g/mol. The average molecular weight is 268 g/mol. The fraction of sp³-hybridized carbons (Fsp3) is 0.857. The molecule has 5 nitrogen and oxygen atoms in total. The van der Waals surface area contributed by atoms with Crippen LogP contribution in [0.25, 0.3) is 0 Å². The van der Waals surface area contributed by atoms with E-state index in [0.717, 1.165) is 38.5 Å². The third-order valence-electron chi connectivity index (χ3n) is 4.66. The summed E-state index contributed by atoms with van der Waals surface area (Å²) in [6.07, 6.45) is 5.66. The summed E-state index contributed by atoms with van der Waals surface area (Å²) in [5, 5.41) is 12.0. The summed E-state index contributed by atoms with van der Waals surface area (Å²) in [6.45, 7) is 4.17. The molecule has 2 amide bonds. The SMILES string of the molecule is CCC1CCC(C)N1C(=O)NC1(CC(=O)O)CCC1. The highest BCUT2D eigenvalue weighted by atomic mass is 16.4. The van der Waals surface area contributed by atoms with Crippen molar-refractivity contribution in [2.45, 2.75) is 76.4 Å². The molecule has 0 radical (unpaired) electrons. The predicted molar refractivity (Wildman–Crippen MR) is 72.0 cm³/mol. The van der Waals surface area contributed by atoms with Crippen molar-refractivity contribution in [3.8, 4) is 0 Å². The molecule has 1 heterocycles. The zero-order valence-corrected chi connectivity index (χ0v) is 11.8. The maximum Gasteiger partial charge on any atom is 0.318 e. The van der Waals surface area contributed by atoms with Gasteiger partial charge in [-0.1, -0.05) is 6.92 Å². The number of carboxylic acid groups (broad SMARTS) is 1. The van der Waals surface area contributed by atoms with Gasteiger partial charge >= 0.3 is 12.0 Å². The molecule has 0 aromatic carbocycles. The zero-order valence-electron chi connectivity index (χ0n) is 11.8. The lowest BCUT2D eigenvalue weighted by Gasteiger charge is -2.43. The quantitative estimate of drug-likeness (QED) is 0.822. The Hall–Kier alpha value is -1.26. The Labute approximate surface area is 114 Å². The molecular weight excluding hydrogens is 244 g/mol. The summed E-state index contributed by atoms with van der Waals surface area (Å²) < 4.78 is 0. The van der Waals surface area contributed by atoms with E-state index < -0.39 is 11.5 Å². The van der Waals surface area contributed by atoms with E-state index in [1.54, 1.807) is 0 Å². The average Bonchev–Trinajstić information content (AvgIpc) is 2.66. The molecule has 0 aromatic heterocycles. The minimum atomic E-state index is -0.832. The van der Waals surface area contributed by atoms with E-state index in [1.165, 1.54) is 0 Å². The van der Waals surface area contributed by atoms with Gasteiger partial charge in [0.25, 0.3) is 0 Å². The van der Waals surface area contributed by atoms with E-state index in [9.17, 15) is 9.59 Å².